The zero-order chi connectivity index (χ0) is 28.0. The van der Waals surface area contributed by atoms with E-state index in [9.17, 15) is 36.3 Å². The molecule has 2 heterocycles. The lowest BCUT2D eigenvalue weighted by Crippen LogP contribution is -2.65. The van der Waals surface area contributed by atoms with Gasteiger partial charge < -0.3 is 26.4 Å². The smallest absolute Gasteiger partial charge is 0.294 e. The molecule has 0 atom stereocenters. The number of anilines is 1. The molecule has 1 saturated carbocycles. The van der Waals surface area contributed by atoms with Crippen molar-refractivity contribution in [3.63, 3.8) is 0 Å². The highest BCUT2D eigenvalue weighted by molar-refractivity contribution is 6.48. The molecule has 1 aliphatic heterocycles. The number of carbonyl (C=O) groups is 3. The normalized spacial score (nSPS) is 17.5. The summed E-state index contributed by atoms with van der Waals surface area (Å²) in [5, 5.41) is 4.22. The Morgan fingerprint density at radius 2 is 1.87 bits per heavy atom. The lowest BCUT2D eigenvalue weighted by molar-refractivity contribution is -0.137. The Morgan fingerprint density at radius 1 is 1.18 bits per heavy atom. The van der Waals surface area contributed by atoms with Crippen molar-refractivity contribution in [1.82, 2.24) is 15.3 Å². The number of carbonyl (C=O) groups excluding carboxylic acids is 3. The van der Waals surface area contributed by atoms with E-state index in [1.165, 1.54) is 4.57 Å². The van der Waals surface area contributed by atoms with Gasteiger partial charge in [0.1, 0.15) is 11.5 Å². The van der Waals surface area contributed by atoms with E-state index >= 15 is 0 Å². The topological polar surface area (TPSA) is 144 Å². The summed E-state index contributed by atoms with van der Waals surface area (Å²) in [5.74, 6) is -2.47. The van der Waals surface area contributed by atoms with Gasteiger partial charge in [0.05, 0.1) is 27.4 Å². The van der Waals surface area contributed by atoms with Crippen LogP contribution in [0.5, 0.6) is 0 Å². The summed E-state index contributed by atoms with van der Waals surface area (Å²) in [6.45, 7) is 0.227. The third-order valence-corrected chi connectivity index (χ3v) is 6.88. The van der Waals surface area contributed by atoms with E-state index in [4.69, 9.17) is 23.2 Å². The van der Waals surface area contributed by atoms with Crippen LogP contribution in [0, 0.1) is 5.82 Å². The van der Waals surface area contributed by atoms with Crippen LogP contribution in [0.25, 0.3) is 0 Å². The average Bonchev–Trinajstić information content (AvgIpc) is 3.37. The van der Waals surface area contributed by atoms with Gasteiger partial charge in [0.15, 0.2) is 0 Å². The summed E-state index contributed by atoms with van der Waals surface area (Å²) in [5.41, 5.74) is 4.70. The first-order chi connectivity index (χ1) is 17.8. The molecule has 2 aliphatic rings. The van der Waals surface area contributed by atoms with Gasteiger partial charge in [-0.1, -0.05) is 11.6 Å². The highest BCUT2D eigenvalue weighted by Crippen LogP contribution is 2.48. The van der Waals surface area contributed by atoms with Gasteiger partial charge >= 0.3 is 0 Å². The molecule has 1 aromatic heterocycles. The number of hydrogen-bond acceptors (Lipinski definition) is 6. The first-order valence-electron chi connectivity index (χ1n) is 11.3. The zero-order valence-corrected chi connectivity index (χ0v) is 20.3. The summed E-state index contributed by atoms with van der Waals surface area (Å²) in [7, 11) is 0. The highest BCUT2D eigenvalue weighted by Gasteiger charge is 2.59. The number of aromatic nitrogens is 1. The van der Waals surface area contributed by atoms with E-state index in [0.717, 1.165) is 24.4 Å². The van der Waals surface area contributed by atoms with Crippen LogP contribution in [0.15, 0.2) is 30.1 Å². The molecular formula is C23H22ClF5N6O3. The third-order valence-electron chi connectivity index (χ3n) is 6.51. The summed E-state index contributed by atoms with van der Waals surface area (Å²) in [4.78, 5) is 39.1. The molecule has 1 aromatic carbocycles. The number of rotatable bonds is 8. The first kappa shape index (κ1) is 27.4. The molecule has 7 N–H and O–H groups in total. The number of hydrazine groups is 1. The maximum Gasteiger partial charge on any atom is 0.294 e. The van der Waals surface area contributed by atoms with Gasteiger partial charge in [-0.3, -0.25) is 20.2 Å². The van der Waals surface area contributed by atoms with Gasteiger partial charge in [0.25, 0.3) is 29.9 Å². The number of nitrogens with one attached hydrogen (secondary N) is 3. The fourth-order valence-corrected chi connectivity index (χ4v) is 5.17. The molecule has 4 rings (SSSR count). The molecule has 38 heavy (non-hydrogen) atoms. The number of benzene rings is 1. The second-order valence-corrected chi connectivity index (χ2v) is 9.45. The van der Waals surface area contributed by atoms with Crippen LogP contribution in [-0.4, -0.2) is 33.6 Å². The number of nitrogens with two attached hydrogens (primary N) is 2. The van der Waals surface area contributed by atoms with E-state index in [1.807, 2.05) is 0 Å². The predicted molar refractivity (Wildman–Crippen MR) is 126 cm³/mol. The van der Waals surface area contributed by atoms with E-state index in [0.29, 0.717) is 18.5 Å². The predicted octanol–water partition coefficient (Wildman–Crippen LogP) is 3.15. The fraction of sp³-hybridized carbons (Fsp3) is 0.348. The third kappa shape index (κ3) is 4.80. The van der Waals surface area contributed by atoms with Crippen LogP contribution in [0.3, 0.4) is 0 Å². The minimum atomic E-state index is -3.13. The highest BCUT2D eigenvalue weighted by atomic mass is 35.5. The summed E-state index contributed by atoms with van der Waals surface area (Å²) < 4.78 is 68.5. The molecule has 0 radical (unpaired) electrons. The second-order valence-electron chi connectivity index (χ2n) is 9.07. The van der Waals surface area contributed by atoms with E-state index in [1.54, 1.807) is 0 Å². The van der Waals surface area contributed by atoms with Gasteiger partial charge in [-0.15, -0.1) is 0 Å². The van der Waals surface area contributed by atoms with Gasteiger partial charge in [-0.2, -0.15) is 0 Å². The molecule has 0 unspecified atom stereocenters. The molecule has 15 heteroatoms. The Morgan fingerprint density at radius 3 is 2.47 bits per heavy atom. The molecule has 1 aliphatic carbocycles. The summed E-state index contributed by atoms with van der Waals surface area (Å²) in [6, 6.07) is 2.61. The van der Waals surface area contributed by atoms with Crippen molar-refractivity contribution in [3.05, 3.63) is 63.5 Å². The van der Waals surface area contributed by atoms with Crippen LogP contribution in [0.4, 0.5) is 27.6 Å². The molecule has 9 nitrogen and oxygen atoms in total. The number of Topliss-reactive ketones (excluding diaryl/α,β-unsaturated/α-hetero) is 1. The number of fused-ring (bicyclic) bond motifs is 1. The van der Waals surface area contributed by atoms with Crippen molar-refractivity contribution in [3.8, 4) is 0 Å². The lowest BCUT2D eigenvalue weighted by atomic mass is 9.71. The molecular weight excluding hydrogens is 539 g/mol. The van der Waals surface area contributed by atoms with Crippen molar-refractivity contribution in [1.29, 1.82) is 0 Å². The van der Waals surface area contributed by atoms with E-state index in [-0.39, 0.29) is 34.2 Å². The Balaban J connectivity index is 1.62. The number of hydrogen-bond donors (Lipinski definition) is 5. The molecule has 0 saturated heterocycles. The monoisotopic (exact) mass is 560 g/mol. The summed E-state index contributed by atoms with van der Waals surface area (Å²) in [6.07, 6.45) is -3.05. The minimum absolute atomic E-state index is 0.144. The van der Waals surface area contributed by atoms with Crippen LogP contribution in [0.1, 0.15) is 57.8 Å². The SMILES string of the molecule is NN/C=C(\N)C1(NC(=O)C(=O)c2c(Cl)c(C(=O)Nc3ccc(F)c(C(F)F)c3)c3n2CCC3)CC(F)(F)C1. The van der Waals surface area contributed by atoms with Crippen LogP contribution >= 0.6 is 11.6 Å². The minimum Gasteiger partial charge on any atom is -0.399 e. The van der Waals surface area contributed by atoms with Crippen molar-refractivity contribution in [2.45, 2.75) is 50.1 Å². The maximum atomic E-state index is 13.7. The van der Waals surface area contributed by atoms with Crippen molar-refractivity contribution in [2.75, 3.05) is 5.32 Å². The fourth-order valence-electron chi connectivity index (χ4n) is 4.79. The lowest BCUT2D eigenvalue weighted by Gasteiger charge is -2.47. The molecule has 2 amide bonds. The Bertz CT molecular complexity index is 1350. The van der Waals surface area contributed by atoms with E-state index < -0.39 is 59.7 Å². The van der Waals surface area contributed by atoms with Crippen LogP contribution in [-0.2, 0) is 17.8 Å². The van der Waals surface area contributed by atoms with E-state index in [2.05, 4.69) is 16.1 Å². The van der Waals surface area contributed by atoms with Crippen LogP contribution < -0.4 is 27.6 Å². The largest absolute Gasteiger partial charge is 0.399 e. The Labute approximate surface area is 217 Å². The number of nitrogens with zero attached hydrogens (tertiary/aromatic N) is 1. The van der Waals surface area contributed by atoms with Crippen LogP contribution in [0.2, 0.25) is 5.02 Å². The first-order valence-corrected chi connectivity index (χ1v) is 11.6. The number of halogens is 6. The Hall–Kier alpha value is -3.65. The summed E-state index contributed by atoms with van der Waals surface area (Å²) >= 11 is 6.39. The van der Waals surface area contributed by atoms with Crippen molar-refractivity contribution in [2.24, 2.45) is 11.6 Å². The van der Waals surface area contributed by atoms with Crippen molar-refractivity contribution < 1.29 is 36.3 Å². The quantitative estimate of drug-likeness (QED) is 0.110. The standard InChI is InChI=1S/C23H22ClF5N6O3/c24-16-15(20(37)33-10-3-4-12(25)11(6-10)19(26)27)13-2-1-5-35(13)17(16)18(36)21(38)34-22(14(30)7-32-31)8-23(28,29)9-22/h3-4,6-7,19,32H,1-2,5,8-9,30-31H2,(H,33,37)(H,34,38)/b14-7-. The average molecular weight is 561 g/mol. The van der Waals surface area contributed by atoms with Crippen molar-refractivity contribution >= 4 is 34.9 Å². The maximum absolute atomic E-state index is 13.7. The number of alkyl halides is 4. The molecule has 0 bridgehead atoms. The van der Waals surface area contributed by atoms with Gasteiger partial charge in [-0.25, -0.2) is 22.0 Å². The Kier molecular flexibility index (Phi) is 7.14. The van der Waals surface area contributed by atoms with Gasteiger partial charge in [-0.05, 0) is 31.0 Å². The van der Waals surface area contributed by atoms with Gasteiger partial charge in [0.2, 0.25) is 0 Å². The second kappa shape index (κ2) is 9.91. The van der Waals surface area contributed by atoms with Gasteiger partial charge in [0, 0.05) is 37.0 Å². The molecule has 1 fully saturated rings. The number of amides is 2. The molecule has 0 spiro atoms. The molecule has 204 valence electrons. The molecule has 2 aromatic rings. The number of ketones is 1. The zero-order valence-electron chi connectivity index (χ0n) is 19.5.